The molecule has 18 heavy (non-hydrogen) atoms. The lowest BCUT2D eigenvalue weighted by molar-refractivity contribution is 0.332. The van der Waals surface area contributed by atoms with Crippen molar-refractivity contribution >= 4 is 0 Å². The summed E-state index contributed by atoms with van der Waals surface area (Å²) in [4.78, 5) is 0. The molecule has 0 aliphatic carbocycles. The Morgan fingerprint density at radius 1 is 0.833 bits per heavy atom. The lowest BCUT2D eigenvalue weighted by Gasteiger charge is -2.28. The van der Waals surface area contributed by atoms with Crippen LogP contribution in [0.2, 0.25) is 0 Å². The lowest BCUT2D eigenvalue weighted by atomic mass is 9.78. The van der Waals surface area contributed by atoms with Crippen LogP contribution in [-0.4, -0.2) is 0 Å². The highest BCUT2D eigenvalue weighted by atomic mass is 14.3. The van der Waals surface area contributed by atoms with Crippen LogP contribution in [0.15, 0.2) is 0 Å². The number of hydrogen-bond acceptors (Lipinski definition) is 0. The molecule has 3 atom stereocenters. The second-order valence-corrected chi connectivity index (χ2v) is 6.56. The van der Waals surface area contributed by atoms with Gasteiger partial charge in [-0.3, -0.25) is 0 Å². The van der Waals surface area contributed by atoms with Crippen LogP contribution in [0.1, 0.15) is 92.9 Å². The van der Waals surface area contributed by atoms with Crippen molar-refractivity contribution in [3.63, 3.8) is 0 Å². The van der Waals surface area contributed by atoms with Crippen molar-refractivity contribution in [1.29, 1.82) is 0 Å². The minimum atomic E-state index is 0.811. The van der Waals surface area contributed by atoms with E-state index in [4.69, 9.17) is 0 Å². The maximum Gasteiger partial charge on any atom is -0.0238 e. The molecule has 0 aliphatic heterocycles. The van der Waals surface area contributed by atoms with E-state index in [1.165, 1.54) is 51.4 Å². The Bertz CT molecular complexity index is 173. The third kappa shape index (κ3) is 8.16. The first kappa shape index (κ1) is 18.0. The van der Waals surface area contributed by atoms with Crippen LogP contribution in [0.25, 0.3) is 0 Å². The highest BCUT2D eigenvalue weighted by Crippen LogP contribution is 2.32. The summed E-state index contributed by atoms with van der Waals surface area (Å²) >= 11 is 0. The molecule has 0 heterocycles. The molecule has 0 aromatic rings. The third-order valence-electron chi connectivity index (χ3n) is 4.61. The Kier molecular flexibility index (Phi) is 10.9. The molecule has 0 N–H and O–H groups in total. The van der Waals surface area contributed by atoms with Gasteiger partial charge >= 0.3 is 0 Å². The van der Waals surface area contributed by atoms with Crippen LogP contribution in [0.4, 0.5) is 0 Å². The molecule has 3 unspecified atom stereocenters. The van der Waals surface area contributed by atoms with Gasteiger partial charge in [-0.25, -0.2) is 0 Å². The summed E-state index contributed by atoms with van der Waals surface area (Å²) in [5.41, 5.74) is 0. The first-order chi connectivity index (χ1) is 8.52. The average molecular weight is 253 g/mol. The number of rotatable bonds is 11. The molecular weight excluding hydrogens is 216 g/mol. The van der Waals surface area contributed by atoms with Gasteiger partial charge in [-0.05, 0) is 30.1 Å². The summed E-state index contributed by atoms with van der Waals surface area (Å²) in [5.74, 6) is 4.30. The summed E-state index contributed by atoms with van der Waals surface area (Å²) in [6.07, 6.45) is 11.1. The van der Waals surface area contributed by atoms with E-state index in [9.17, 15) is 0 Å². The molecule has 0 amide bonds. The van der Waals surface area contributed by atoms with Gasteiger partial charge < -0.3 is 0 Å². The second kappa shape index (κ2) is 10.9. The van der Waals surface area contributed by atoms with E-state index in [2.05, 4.69) is 41.5 Å². The van der Waals surface area contributed by atoms with Gasteiger partial charge in [0.1, 0.15) is 0 Å². The van der Waals surface area contributed by atoms with Gasteiger partial charge in [0.15, 0.2) is 0 Å². The Labute approximate surface area is 117 Å². The SMILES string of the molecule is CCCCCC(C)C(C)[C](C)CC(C)CCCC. The molecule has 0 bridgehead atoms. The van der Waals surface area contributed by atoms with Crippen molar-refractivity contribution in [2.75, 3.05) is 0 Å². The van der Waals surface area contributed by atoms with E-state index in [0.29, 0.717) is 0 Å². The fourth-order valence-corrected chi connectivity index (χ4v) is 2.84. The molecule has 0 heteroatoms. The highest BCUT2D eigenvalue weighted by molar-refractivity contribution is 4.93. The molecule has 0 saturated carbocycles. The Morgan fingerprint density at radius 2 is 1.44 bits per heavy atom. The predicted octanol–water partition coefficient (Wildman–Crippen LogP) is 6.65. The van der Waals surface area contributed by atoms with Gasteiger partial charge in [-0.15, -0.1) is 0 Å². The zero-order valence-corrected chi connectivity index (χ0v) is 13.9. The van der Waals surface area contributed by atoms with Crippen molar-refractivity contribution in [2.24, 2.45) is 17.8 Å². The van der Waals surface area contributed by atoms with Gasteiger partial charge in [-0.2, -0.15) is 0 Å². The molecule has 0 saturated heterocycles. The van der Waals surface area contributed by atoms with E-state index in [1.807, 2.05) is 0 Å². The van der Waals surface area contributed by atoms with Crippen molar-refractivity contribution in [3.05, 3.63) is 5.92 Å². The fraction of sp³-hybridized carbons (Fsp3) is 0.944. The van der Waals surface area contributed by atoms with Gasteiger partial charge in [0.2, 0.25) is 0 Å². The number of unbranched alkanes of at least 4 members (excludes halogenated alkanes) is 3. The minimum absolute atomic E-state index is 0.811. The molecular formula is C18H37. The summed E-state index contributed by atoms with van der Waals surface area (Å²) in [6, 6.07) is 0. The topological polar surface area (TPSA) is 0 Å². The molecule has 0 fully saturated rings. The minimum Gasteiger partial charge on any atom is -0.0654 e. The average Bonchev–Trinajstić information content (AvgIpc) is 2.35. The van der Waals surface area contributed by atoms with Gasteiger partial charge in [-0.1, -0.05) is 86.5 Å². The largest absolute Gasteiger partial charge is 0.0654 e. The maximum absolute atomic E-state index is 2.44. The summed E-state index contributed by atoms with van der Waals surface area (Å²) in [7, 11) is 0. The third-order valence-corrected chi connectivity index (χ3v) is 4.61. The maximum atomic E-state index is 2.44. The lowest BCUT2D eigenvalue weighted by Crippen LogP contribution is -2.17. The zero-order valence-electron chi connectivity index (χ0n) is 13.9. The Morgan fingerprint density at radius 3 is 2.00 bits per heavy atom. The van der Waals surface area contributed by atoms with Crippen molar-refractivity contribution in [3.8, 4) is 0 Å². The Hall–Kier alpha value is 0. The van der Waals surface area contributed by atoms with Gasteiger partial charge in [0.25, 0.3) is 0 Å². The monoisotopic (exact) mass is 253 g/mol. The molecule has 0 aliphatic rings. The predicted molar refractivity (Wildman–Crippen MR) is 84.7 cm³/mol. The quantitative estimate of drug-likeness (QED) is 0.362. The van der Waals surface area contributed by atoms with E-state index in [0.717, 1.165) is 17.8 Å². The highest BCUT2D eigenvalue weighted by Gasteiger charge is 2.20. The smallest absolute Gasteiger partial charge is 0.0238 e. The normalized spacial score (nSPS) is 16.8. The van der Waals surface area contributed by atoms with Crippen LogP contribution < -0.4 is 0 Å². The first-order valence-electron chi connectivity index (χ1n) is 8.35. The van der Waals surface area contributed by atoms with Crippen LogP contribution in [0.3, 0.4) is 0 Å². The van der Waals surface area contributed by atoms with Crippen molar-refractivity contribution < 1.29 is 0 Å². The van der Waals surface area contributed by atoms with Crippen molar-refractivity contribution in [2.45, 2.75) is 92.9 Å². The molecule has 0 nitrogen and oxygen atoms in total. The molecule has 0 aromatic heterocycles. The Balaban J connectivity index is 3.88. The molecule has 109 valence electrons. The summed E-state index contributed by atoms with van der Waals surface area (Å²) < 4.78 is 0. The van der Waals surface area contributed by atoms with E-state index in [1.54, 1.807) is 5.92 Å². The molecule has 0 aromatic carbocycles. The van der Waals surface area contributed by atoms with E-state index >= 15 is 0 Å². The van der Waals surface area contributed by atoms with E-state index < -0.39 is 0 Å². The molecule has 0 spiro atoms. The van der Waals surface area contributed by atoms with Gasteiger partial charge in [0.05, 0.1) is 0 Å². The summed E-state index contributed by atoms with van der Waals surface area (Å²) in [5, 5.41) is 0. The van der Waals surface area contributed by atoms with Crippen LogP contribution in [0.5, 0.6) is 0 Å². The van der Waals surface area contributed by atoms with Crippen LogP contribution in [0, 0.1) is 23.7 Å². The van der Waals surface area contributed by atoms with Crippen molar-refractivity contribution in [1.82, 2.24) is 0 Å². The summed E-state index contributed by atoms with van der Waals surface area (Å²) in [6.45, 7) is 14.3. The molecule has 0 rings (SSSR count). The van der Waals surface area contributed by atoms with Gasteiger partial charge in [0, 0.05) is 0 Å². The van der Waals surface area contributed by atoms with Crippen LogP contribution in [-0.2, 0) is 0 Å². The molecule has 1 radical (unpaired) electrons. The first-order valence-corrected chi connectivity index (χ1v) is 8.35. The zero-order chi connectivity index (χ0) is 14.0. The standard InChI is InChI=1S/C18H37/c1-7-9-11-13-16(4)18(6)17(5)14-15(3)12-10-8-2/h15-16,18H,7-14H2,1-6H3. The fourth-order valence-electron chi connectivity index (χ4n) is 2.84. The second-order valence-electron chi connectivity index (χ2n) is 6.56. The number of hydrogen-bond donors (Lipinski definition) is 0. The van der Waals surface area contributed by atoms with E-state index in [-0.39, 0.29) is 0 Å². The van der Waals surface area contributed by atoms with Crippen LogP contribution >= 0.6 is 0 Å².